The lowest BCUT2D eigenvalue weighted by atomic mass is 9.40. The van der Waals surface area contributed by atoms with Crippen LogP contribution in [0.25, 0.3) is 0 Å². The first kappa shape index (κ1) is 26.3. The smallest absolute Gasteiger partial charge is 0.307 e. The van der Waals surface area contributed by atoms with E-state index in [-0.39, 0.29) is 12.8 Å². The van der Waals surface area contributed by atoms with Crippen LogP contribution in [0.15, 0.2) is 12.7 Å². The van der Waals surface area contributed by atoms with Crippen LogP contribution in [0.2, 0.25) is 0 Å². The van der Waals surface area contributed by atoms with Gasteiger partial charge >= 0.3 is 5.97 Å². The van der Waals surface area contributed by atoms with Crippen LogP contribution in [-0.2, 0) is 19.1 Å². The molecule has 8 nitrogen and oxygen atoms in total. The van der Waals surface area contributed by atoms with E-state index in [1.807, 2.05) is 32.8 Å². The SMILES string of the molecule is C=C[C@@]1(C)CC(=O)[C@]2(O)[C@@]3(C)[C@@H](O)CCC(C)(C)[C@@H]3[C@H](O)[C@H](OC(=O)CCN(C)C)[C@@]2(C)O1. The Morgan fingerprint density at radius 3 is 2.39 bits per heavy atom. The van der Waals surface area contributed by atoms with Gasteiger partial charge in [0, 0.05) is 24.3 Å². The third-order valence-corrected chi connectivity index (χ3v) is 8.75. The van der Waals surface area contributed by atoms with E-state index in [1.54, 1.807) is 13.8 Å². The molecule has 188 valence electrons. The molecule has 8 heteroatoms. The second kappa shape index (κ2) is 8.12. The van der Waals surface area contributed by atoms with Gasteiger partial charge in [0.2, 0.25) is 0 Å². The van der Waals surface area contributed by atoms with Crippen LogP contribution in [0, 0.1) is 16.7 Å². The molecular formula is C25H41NO7. The topological polar surface area (TPSA) is 117 Å². The van der Waals surface area contributed by atoms with Crippen molar-refractivity contribution in [1.82, 2.24) is 4.90 Å². The average Bonchev–Trinajstić information content (AvgIpc) is 2.70. The van der Waals surface area contributed by atoms with E-state index in [2.05, 4.69) is 6.58 Å². The van der Waals surface area contributed by atoms with E-state index in [9.17, 15) is 24.9 Å². The molecular weight excluding hydrogens is 426 g/mol. The number of rotatable bonds is 5. The molecule has 0 spiro atoms. The number of hydrogen-bond acceptors (Lipinski definition) is 8. The number of fused-ring (bicyclic) bond motifs is 3. The number of nitrogens with zero attached hydrogens (tertiary/aromatic N) is 1. The van der Waals surface area contributed by atoms with Gasteiger partial charge in [-0.3, -0.25) is 9.59 Å². The molecule has 0 aromatic rings. The van der Waals surface area contributed by atoms with Crippen molar-refractivity contribution < 1.29 is 34.4 Å². The quantitative estimate of drug-likeness (QED) is 0.411. The van der Waals surface area contributed by atoms with Gasteiger partial charge in [0.25, 0.3) is 0 Å². The molecule has 3 aliphatic rings. The predicted octanol–water partition coefficient (Wildman–Crippen LogP) is 1.45. The second-order valence-electron chi connectivity index (χ2n) is 11.8. The molecule has 2 saturated carbocycles. The van der Waals surface area contributed by atoms with Gasteiger partial charge in [-0.1, -0.05) is 26.8 Å². The molecule has 33 heavy (non-hydrogen) atoms. The fraction of sp³-hybridized carbons (Fsp3) is 0.840. The van der Waals surface area contributed by atoms with Crippen molar-refractivity contribution in [2.24, 2.45) is 16.7 Å². The zero-order chi connectivity index (χ0) is 25.2. The number of aliphatic hydroxyl groups is 3. The first-order valence-corrected chi connectivity index (χ1v) is 11.8. The summed E-state index contributed by atoms with van der Waals surface area (Å²) in [5, 5.41) is 35.3. The summed E-state index contributed by atoms with van der Waals surface area (Å²) < 4.78 is 12.2. The summed E-state index contributed by atoms with van der Waals surface area (Å²) in [6, 6.07) is 0. The zero-order valence-electron chi connectivity index (χ0n) is 21.1. The highest BCUT2D eigenvalue weighted by molar-refractivity contribution is 5.92. The molecule has 2 aliphatic carbocycles. The molecule has 1 aliphatic heterocycles. The molecule has 0 aromatic carbocycles. The maximum Gasteiger partial charge on any atom is 0.307 e. The zero-order valence-corrected chi connectivity index (χ0v) is 21.1. The summed E-state index contributed by atoms with van der Waals surface area (Å²) in [5.74, 6) is -1.79. The number of esters is 1. The molecule has 0 bridgehead atoms. The molecule has 0 amide bonds. The maximum atomic E-state index is 13.8. The lowest BCUT2D eigenvalue weighted by Gasteiger charge is -2.71. The standard InChI is InChI=1S/C25H41NO7/c1-9-22(4)14-16(28)25(31)23(5)15(27)10-12-21(2,3)19(23)18(30)20(24(25,6)33-22)32-17(29)11-13-26(7)8/h9,15,18-20,27,30-31H,1,10-14H2,2-8H3/t15-,18-,19-,20-,22-,23-,24+,25-/m0/s1. The summed E-state index contributed by atoms with van der Waals surface area (Å²) in [5.41, 5.74) is -7.11. The van der Waals surface area contributed by atoms with Crippen molar-refractivity contribution in [3.8, 4) is 0 Å². The van der Waals surface area contributed by atoms with E-state index in [4.69, 9.17) is 9.47 Å². The first-order chi connectivity index (χ1) is 15.0. The van der Waals surface area contributed by atoms with Crippen LogP contribution < -0.4 is 0 Å². The number of carbonyl (C=O) groups is 2. The summed E-state index contributed by atoms with van der Waals surface area (Å²) in [6.07, 6.45) is -1.27. The summed E-state index contributed by atoms with van der Waals surface area (Å²) in [6.45, 7) is 13.0. The number of ketones is 1. The Labute approximate surface area is 196 Å². The van der Waals surface area contributed by atoms with Crippen LogP contribution >= 0.6 is 0 Å². The molecule has 1 saturated heterocycles. The Morgan fingerprint density at radius 2 is 1.85 bits per heavy atom. The number of hydrogen-bond donors (Lipinski definition) is 3. The van der Waals surface area contributed by atoms with E-state index in [1.165, 1.54) is 13.0 Å². The molecule has 0 radical (unpaired) electrons. The number of aliphatic hydroxyl groups excluding tert-OH is 2. The first-order valence-electron chi connectivity index (χ1n) is 11.8. The van der Waals surface area contributed by atoms with E-state index in [0.29, 0.717) is 19.4 Å². The summed E-state index contributed by atoms with van der Waals surface area (Å²) in [7, 11) is 3.66. The fourth-order valence-corrected chi connectivity index (χ4v) is 7.00. The normalized spacial score (nSPS) is 46.9. The van der Waals surface area contributed by atoms with Gasteiger partial charge < -0.3 is 29.7 Å². The van der Waals surface area contributed by atoms with Crippen molar-refractivity contribution >= 4 is 11.8 Å². The van der Waals surface area contributed by atoms with E-state index < -0.39 is 63.6 Å². The van der Waals surface area contributed by atoms with Gasteiger partial charge in [-0.15, -0.1) is 6.58 Å². The van der Waals surface area contributed by atoms with Gasteiger partial charge in [-0.2, -0.15) is 0 Å². The van der Waals surface area contributed by atoms with Crippen molar-refractivity contribution in [2.45, 2.75) is 95.4 Å². The Hall–Kier alpha value is -1.32. The van der Waals surface area contributed by atoms with Crippen molar-refractivity contribution in [1.29, 1.82) is 0 Å². The minimum atomic E-state index is -2.20. The molecule has 0 unspecified atom stereocenters. The van der Waals surface area contributed by atoms with Crippen LogP contribution in [-0.4, -0.2) is 87.7 Å². The van der Waals surface area contributed by atoms with Crippen LogP contribution in [0.1, 0.15) is 60.3 Å². The Balaban J connectivity index is 2.20. The van der Waals surface area contributed by atoms with Gasteiger partial charge in [0.05, 0.1) is 24.2 Å². The van der Waals surface area contributed by atoms with Crippen LogP contribution in [0.4, 0.5) is 0 Å². The Bertz CT molecular complexity index is 828. The van der Waals surface area contributed by atoms with E-state index in [0.717, 1.165) is 0 Å². The third kappa shape index (κ3) is 3.60. The number of ether oxygens (including phenoxy) is 2. The summed E-state index contributed by atoms with van der Waals surface area (Å²) in [4.78, 5) is 28.4. The molecule has 3 fully saturated rings. The highest BCUT2D eigenvalue weighted by Gasteiger charge is 2.81. The minimum absolute atomic E-state index is 0.0748. The molecule has 3 N–H and O–H groups in total. The van der Waals surface area contributed by atoms with Gasteiger partial charge in [-0.05, 0) is 46.2 Å². The van der Waals surface area contributed by atoms with Crippen LogP contribution in [0.5, 0.6) is 0 Å². The Kier molecular flexibility index (Phi) is 6.47. The highest BCUT2D eigenvalue weighted by Crippen LogP contribution is 2.67. The van der Waals surface area contributed by atoms with Crippen molar-refractivity contribution in [3.05, 3.63) is 12.7 Å². The largest absolute Gasteiger partial charge is 0.456 e. The van der Waals surface area contributed by atoms with Gasteiger partial charge in [0.15, 0.2) is 17.5 Å². The Morgan fingerprint density at radius 1 is 1.24 bits per heavy atom. The number of Topliss-reactive ketones (excluding diaryl/α,β-unsaturated/α-hetero) is 1. The van der Waals surface area contributed by atoms with Gasteiger partial charge in [-0.25, -0.2) is 0 Å². The van der Waals surface area contributed by atoms with Gasteiger partial charge in [0.1, 0.15) is 5.60 Å². The number of carbonyl (C=O) groups excluding carboxylic acids is 2. The van der Waals surface area contributed by atoms with Crippen molar-refractivity contribution in [2.75, 3.05) is 20.6 Å². The van der Waals surface area contributed by atoms with Crippen LogP contribution in [0.3, 0.4) is 0 Å². The predicted molar refractivity (Wildman–Crippen MR) is 122 cm³/mol. The molecule has 3 rings (SSSR count). The molecule has 0 aromatic heterocycles. The summed E-state index contributed by atoms with van der Waals surface area (Å²) >= 11 is 0. The monoisotopic (exact) mass is 467 g/mol. The van der Waals surface area contributed by atoms with E-state index >= 15 is 0 Å². The fourth-order valence-electron chi connectivity index (χ4n) is 7.00. The minimum Gasteiger partial charge on any atom is -0.456 e. The van der Waals surface area contributed by atoms with Crippen molar-refractivity contribution in [3.63, 3.8) is 0 Å². The second-order valence-corrected chi connectivity index (χ2v) is 11.8. The maximum absolute atomic E-state index is 13.8. The lowest BCUT2D eigenvalue weighted by Crippen LogP contribution is -2.86. The lowest BCUT2D eigenvalue weighted by molar-refractivity contribution is -0.370. The highest BCUT2D eigenvalue weighted by atomic mass is 16.6. The average molecular weight is 468 g/mol. The molecule has 1 heterocycles. The molecule has 8 atom stereocenters. The third-order valence-electron chi connectivity index (χ3n) is 8.75.